The van der Waals surface area contributed by atoms with Gasteiger partial charge in [0.1, 0.15) is 17.1 Å². The summed E-state index contributed by atoms with van der Waals surface area (Å²) in [5.74, 6) is 0.0924. The molecule has 0 unspecified atom stereocenters. The zero-order valence-electron chi connectivity index (χ0n) is 20.7. The van der Waals surface area contributed by atoms with E-state index in [9.17, 15) is 18.0 Å². The quantitative estimate of drug-likeness (QED) is 0.516. The van der Waals surface area contributed by atoms with Crippen LogP contribution in [0, 0.1) is 5.92 Å². The number of carbonyl (C=O) groups excluding carboxylic acids is 1. The zero-order valence-corrected chi connectivity index (χ0v) is 20.7. The predicted octanol–water partition coefficient (Wildman–Crippen LogP) is 3.86. The van der Waals surface area contributed by atoms with E-state index < -0.39 is 23.5 Å². The van der Waals surface area contributed by atoms with Crippen LogP contribution in [0.25, 0.3) is 22.0 Å². The number of pyridine rings is 1. The number of piperidine rings is 2. The number of halogens is 3. The number of ether oxygens (including phenoxy) is 1. The first-order chi connectivity index (χ1) is 17.7. The fourth-order valence-corrected chi connectivity index (χ4v) is 5.46. The maximum Gasteiger partial charge on any atom is 0.433 e. The van der Waals surface area contributed by atoms with E-state index in [1.807, 2.05) is 10.9 Å². The van der Waals surface area contributed by atoms with Crippen molar-refractivity contribution in [2.45, 2.75) is 37.9 Å². The predicted molar refractivity (Wildman–Crippen MR) is 133 cm³/mol. The summed E-state index contributed by atoms with van der Waals surface area (Å²) in [4.78, 5) is 18.1. The van der Waals surface area contributed by atoms with Crippen molar-refractivity contribution < 1.29 is 22.7 Å². The minimum absolute atomic E-state index is 0.179. The van der Waals surface area contributed by atoms with E-state index in [0.29, 0.717) is 16.8 Å². The number of likely N-dealkylation sites (tertiary alicyclic amines) is 1. The standard InChI is InChI=1S/C26H31F3N6O2/c1-37-22-13-21-17(12-20(22)19-2-3-23(26(27,28)29)32-24(19)25(30)36)15-35(33-21)18-6-10-34(11-7-18)14-16-4-8-31-9-5-16/h2-3,12-13,15-16,18,31H,4-11,14H2,1H3,(H2,30,36). The fraction of sp³-hybridized carbons (Fsp3) is 0.500. The SMILES string of the molecule is COc1cc2nn(C3CCN(CC4CCNCC4)CC3)cc2cc1-c1ccc(C(F)(F)F)nc1C(N)=O. The smallest absolute Gasteiger partial charge is 0.433 e. The van der Waals surface area contributed by atoms with Crippen molar-refractivity contribution in [3.63, 3.8) is 0 Å². The molecule has 0 bridgehead atoms. The van der Waals surface area contributed by atoms with Gasteiger partial charge >= 0.3 is 6.18 Å². The maximum atomic E-state index is 13.2. The van der Waals surface area contributed by atoms with Crippen LogP contribution < -0.4 is 15.8 Å². The average Bonchev–Trinajstić information content (AvgIpc) is 3.31. The minimum atomic E-state index is -4.69. The monoisotopic (exact) mass is 516 g/mol. The summed E-state index contributed by atoms with van der Waals surface area (Å²) >= 11 is 0. The molecule has 5 rings (SSSR count). The van der Waals surface area contributed by atoms with Crippen molar-refractivity contribution in [3.8, 4) is 16.9 Å². The number of hydrogen-bond donors (Lipinski definition) is 2. The van der Waals surface area contributed by atoms with Gasteiger partial charge in [-0.15, -0.1) is 0 Å². The van der Waals surface area contributed by atoms with Gasteiger partial charge in [-0.05, 0) is 62.9 Å². The molecule has 11 heteroatoms. The largest absolute Gasteiger partial charge is 0.496 e. The summed E-state index contributed by atoms with van der Waals surface area (Å²) in [6, 6.07) is 5.81. The third-order valence-electron chi connectivity index (χ3n) is 7.46. The summed E-state index contributed by atoms with van der Waals surface area (Å²) in [6.07, 6.45) is 1.73. The lowest BCUT2D eigenvalue weighted by molar-refractivity contribution is -0.141. The van der Waals surface area contributed by atoms with Crippen LogP contribution in [0.3, 0.4) is 0 Å². The van der Waals surface area contributed by atoms with Gasteiger partial charge in [-0.2, -0.15) is 18.3 Å². The first kappa shape index (κ1) is 25.5. The number of alkyl halides is 3. The summed E-state index contributed by atoms with van der Waals surface area (Å²) in [5.41, 5.74) is 5.09. The number of benzene rings is 1. The number of aromatic nitrogens is 3. The van der Waals surface area contributed by atoms with E-state index in [1.165, 1.54) is 26.0 Å². The Bertz CT molecular complexity index is 1280. The number of carbonyl (C=O) groups is 1. The lowest BCUT2D eigenvalue weighted by atomic mass is 9.96. The summed E-state index contributed by atoms with van der Waals surface area (Å²) < 4.78 is 47.1. The number of rotatable bonds is 6. The highest BCUT2D eigenvalue weighted by atomic mass is 19.4. The van der Waals surface area contributed by atoms with Crippen LogP contribution >= 0.6 is 0 Å². The molecule has 0 saturated carbocycles. The van der Waals surface area contributed by atoms with Crippen LogP contribution in [0.2, 0.25) is 0 Å². The third-order valence-corrected chi connectivity index (χ3v) is 7.46. The normalized spacial score (nSPS) is 18.4. The Balaban J connectivity index is 1.39. The lowest BCUT2D eigenvalue weighted by Crippen LogP contribution is -2.40. The fourth-order valence-electron chi connectivity index (χ4n) is 5.46. The van der Waals surface area contributed by atoms with Gasteiger partial charge in [0.15, 0.2) is 0 Å². The molecule has 3 N–H and O–H groups in total. The van der Waals surface area contributed by atoms with Gasteiger partial charge < -0.3 is 20.7 Å². The number of nitrogens with two attached hydrogens (primary N) is 1. The van der Waals surface area contributed by atoms with Crippen LogP contribution in [0.5, 0.6) is 5.75 Å². The van der Waals surface area contributed by atoms with Crippen LogP contribution in [0.15, 0.2) is 30.5 Å². The summed E-state index contributed by atoms with van der Waals surface area (Å²) in [6.45, 7) is 5.42. The molecule has 4 heterocycles. The molecule has 2 saturated heterocycles. The molecule has 2 aromatic heterocycles. The highest BCUT2D eigenvalue weighted by Gasteiger charge is 2.34. The van der Waals surface area contributed by atoms with Gasteiger partial charge in [-0.1, -0.05) is 0 Å². The molecule has 2 aliphatic rings. The van der Waals surface area contributed by atoms with E-state index in [2.05, 4.69) is 15.2 Å². The molecule has 3 aromatic rings. The highest BCUT2D eigenvalue weighted by molar-refractivity contribution is 6.00. The van der Waals surface area contributed by atoms with E-state index in [1.54, 1.807) is 12.1 Å². The molecule has 0 radical (unpaired) electrons. The van der Waals surface area contributed by atoms with Crippen LogP contribution in [-0.4, -0.2) is 65.4 Å². The molecular formula is C26H31F3N6O2. The number of primary amides is 1. The molecule has 2 aliphatic heterocycles. The van der Waals surface area contributed by atoms with Crippen LogP contribution in [0.1, 0.15) is 47.9 Å². The second kappa shape index (κ2) is 10.3. The van der Waals surface area contributed by atoms with Crippen molar-refractivity contribution in [1.82, 2.24) is 25.0 Å². The second-order valence-corrected chi connectivity index (χ2v) is 9.90. The Kier molecular flexibility index (Phi) is 7.09. The molecule has 1 amide bonds. The van der Waals surface area contributed by atoms with Crippen LogP contribution in [0.4, 0.5) is 13.2 Å². The van der Waals surface area contributed by atoms with Gasteiger partial charge in [-0.3, -0.25) is 9.48 Å². The van der Waals surface area contributed by atoms with Gasteiger partial charge in [0.05, 0.1) is 18.7 Å². The Hall–Kier alpha value is -3.18. The molecular weight excluding hydrogens is 485 g/mol. The van der Waals surface area contributed by atoms with E-state index in [-0.39, 0.29) is 11.6 Å². The Morgan fingerprint density at radius 3 is 2.51 bits per heavy atom. The molecule has 37 heavy (non-hydrogen) atoms. The van der Waals surface area contributed by atoms with Crippen molar-refractivity contribution >= 4 is 16.8 Å². The average molecular weight is 517 g/mol. The molecule has 2 fully saturated rings. The van der Waals surface area contributed by atoms with Gasteiger partial charge in [-0.25, -0.2) is 4.98 Å². The molecule has 0 spiro atoms. The Labute approximate surface area is 213 Å². The molecule has 198 valence electrons. The number of nitrogens with zero attached hydrogens (tertiary/aromatic N) is 4. The second-order valence-electron chi connectivity index (χ2n) is 9.90. The Morgan fingerprint density at radius 2 is 1.86 bits per heavy atom. The minimum Gasteiger partial charge on any atom is -0.496 e. The Morgan fingerprint density at radius 1 is 1.14 bits per heavy atom. The van der Waals surface area contributed by atoms with Crippen LogP contribution in [-0.2, 0) is 6.18 Å². The molecule has 1 aromatic carbocycles. The van der Waals surface area contributed by atoms with Crippen molar-refractivity contribution in [3.05, 3.63) is 41.9 Å². The van der Waals surface area contributed by atoms with Crippen molar-refractivity contribution in [2.24, 2.45) is 11.7 Å². The van der Waals surface area contributed by atoms with E-state index in [0.717, 1.165) is 62.9 Å². The number of amides is 1. The van der Waals surface area contributed by atoms with Gasteiger partial charge in [0.25, 0.3) is 5.91 Å². The summed E-state index contributed by atoms with van der Waals surface area (Å²) in [7, 11) is 1.46. The number of hydrogen-bond acceptors (Lipinski definition) is 6. The highest BCUT2D eigenvalue weighted by Crippen LogP contribution is 2.38. The van der Waals surface area contributed by atoms with E-state index in [4.69, 9.17) is 15.6 Å². The number of nitrogens with one attached hydrogen (secondary N) is 1. The van der Waals surface area contributed by atoms with Crippen molar-refractivity contribution in [2.75, 3.05) is 39.8 Å². The van der Waals surface area contributed by atoms with E-state index >= 15 is 0 Å². The number of fused-ring (bicyclic) bond motifs is 1. The molecule has 0 aliphatic carbocycles. The van der Waals surface area contributed by atoms with Gasteiger partial charge in [0, 0.05) is 48.4 Å². The number of methoxy groups -OCH3 is 1. The molecule has 8 nitrogen and oxygen atoms in total. The van der Waals surface area contributed by atoms with Crippen molar-refractivity contribution in [1.29, 1.82) is 0 Å². The summed E-state index contributed by atoms with van der Waals surface area (Å²) in [5, 5.41) is 9.00. The third kappa shape index (κ3) is 5.42. The topological polar surface area (TPSA) is 98.3 Å². The first-order valence-corrected chi connectivity index (χ1v) is 12.6. The first-order valence-electron chi connectivity index (χ1n) is 12.6. The van der Waals surface area contributed by atoms with Gasteiger partial charge in [0.2, 0.25) is 0 Å². The maximum absolute atomic E-state index is 13.2. The molecule has 0 atom stereocenters. The lowest BCUT2D eigenvalue weighted by Gasteiger charge is -2.35. The zero-order chi connectivity index (χ0) is 26.2.